The van der Waals surface area contributed by atoms with Crippen LogP contribution >= 0.6 is 0 Å². The summed E-state index contributed by atoms with van der Waals surface area (Å²) in [5.41, 5.74) is 0. The van der Waals surface area contributed by atoms with Gasteiger partial charge in [0.15, 0.2) is 5.25 Å². The van der Waals surface area contributed by atoms with E-state index in [2.05, 4.69) is 6.92 Å². The van der Waals surface area contributed by atoms with Gasteiger partial charge < -0.3 is 9.84 Å². The Morgan fingerprint density at radius 2 is 1.48 bits per heavy atom. The van der Waals surface area contributed by atoms with Crippen LogP contribution in [-0.4, -0.2) is 71.4 Å². The number of carboxylic acids is 1. The third-order valence-corrected chi connectivity index (χ3v) is 4.34. The van der Waals surface area contributed by atoms with Crippen molar-refractivity contribution in [2.45, 2.75) is 70.0 Å². The SMILES string of the molecule is CCCCCCCCCCOC(=O)CC(C(=O)O)S(=O)(=O)O.[Na]. The largest absolute Gasteiger partial charge is 0.480 e. The average Bonchev–Trinajstić information content (AvgIpc) is 2.41. The van der Waals surface area contributed by atoms with Crippen LogP contribution in [0.1, 0.15) is 64.7 Å². The molecular formula is C14H26NaO7S. The van der Waals surface area contributed by atoms with E-state index in [9.17, 15) is 18.0 Å². The zero-order valence-electron chi connectivity index (χ0n) is 14.0. The van der Waals surface area contributed by atoms with Crippen molar-refractivity contribution in [3.8, 4) is 0 Å². The van der Waals surface area contributed by atoms with E-state index in [1.165, 1.54) is 25.7 Å². The maximum Gasteiger partial charge on any atom is 0.325 e. The molecule has 0 aliphatic heterocycles. The Bertz CT molecular complexity index is 436. The summed E-state index contributed by atoms with van der Waals surface area (Å²) in [7, 11) is -4.81. The standard InChI is InChI=1S/C14H26O7S.Na/c1-2-3-4-5-6-7-8-9-10-21-13(15)11-12(14(16)17)22(18,19)20;/h12H,2-11H2,1H3,(H,16,17)(H,18,19,20);. The van der Waals surface area contributed by atoms with Crippen LogP contribution in [0.3, 0.4) is 0 Å². The summed E-state index contributed by atoms with van der Waals surface area (Å²) in [6.07, 6.45) is 7.74. The number of hydrogen-bond donors (Lipinski definition) is 2. The second-order valence-electron chi connectivity index (χ2n) is 5.24. The number of esters is 1. The molecule has 0 aromatic carbocycles. The number of unbranched alkanes of at least 4 members (excludes halogenated alkanes) is 7. The van der Waals surface area contributed by atoms with E-state index in [1.807, 2.05) is 0 Å². The number of aliphatic carboxylic acids is 1. The van der Waals surface area contributed by atoms with Crippen LogP contribution in [0, 0.1) is 0 Å². The van der Waals surface area contributed by atoms with Crippen molar-refractivity contribution >= 4 is 51.6 Å². The van der Waals surface area contributed by atoms with Crippen molar-refractivity contribution in [2.75, 3.05) is 6.61 Å². The van der Waals surface area contributed by atoms with Crippen molar-refractivity contribution in [2.24, 2.45) is 0 Å². The van der Waals surface area contributed by atoms with Crippen LogP contribution in [0.2, 0.25) is 0 Å². The van der Waals surface area contributed by atoms with Gasteiger partial charge in [0.25, 0.3) is 10.1 Å². The van der Waals surface area contributed by atoms with Gasteiger partial charge >= 0.3 is 11.9 Å². The smallest absolute Gasteiger partial charge is 0.325 e. The van der Waals surface area contributed by atoms with Crippen LogP contribution in [0.4, 0.5) is 0 Å². The molecule has 7 nitrogen and oxygen atoms in total. The summed E-state index contributed by atoms with van der Waals surface area (Å²) in [6.45, 7) is 2.29. The molecule has 2 N–H and O–H groups in total. The summed E-state index contributed by atoms with van der Waals surface area (Å²) < 4.78 is 35.1. The van der Waals surface area contributed by atoms with E-state index in [0.717, 1.165) is 19.3 Å². The van der Waals surface area contributed by atoms with Gasteiger partial charge in [-0.05, 0) is 6.42 Å². The zero-order valence-corrected chi connectivity index (χ0v) is 16.8. The number of carbonyl (C=O) groups is 2. The maximum atomic E-state index is 11.4. The van der Waals surface area contributed by atoms with Crippen LogP contribution in [0.5, 0.6) is 0 Å². The van der Waals surface area contributed by atoms with Gasteiger partial charge in [0.2, 0.25) is 0 Å². The van der Waals surface area contributed by atoms with Crippen molar-refractivity contribution in [1.82, 2.24) is 0 Å². The van der Waals surface area contributed by atoms with Gasteiger partial charge in [-0.25, -0.2) is 0 Å². The number of rotatable bonds is 13. The predicted molar refractivity (Wildman–Crippen MR) is 86.9 cm³/mol. The summed E-state index contributed by atoms with van der Waals surface area (Å²) in [5.74, 6) is -2.71. The fourth-order valence-electron chi connectivity index (χ4n) is 1.95. The molecule has 0 aliphatic rings. The molecule has 0 amide bonds. The normalized spacial score (nSPS) is 12.3. The molecule has 0 heterocycles. The number of hydrogen-bond acceptors (Lipinski definition) is 5. The fraction of sp³-hybridized carbons (Fsp3) is 0.857. The minimum Gasteiger partial charge on any atom is -0.480 e. The first kappa shape index (κ1) is 25.1. The van der Waals surface area contributed by atoms with Crippen LogP contribution in [0.25, 0.3) is 0 Å². The molecule has 0 rings (SSSR count). The first-order valence-corrected chi connectivity index (χ1v) is 9.14. The van der Waals surface area contributed by atoms with Gasteiger partial charge in [-0.3, -0.25) is 14.1 Å². The predicted octanol–water partition coefficient (Wildman–Crippen LogP) is 2.02. The molecule has 1 radical (unpaired) electrons. The second-order valence-corrected chi connectivity index (χ2v) is 6.84. The molecule has 1 unspecified atom stereocenters. The third kappa shape index (κ3) is 13.9. The molecule has 0 bridgehead atoms. The van der Waals surface area contributed by atoms with E-state index in [4.69, 9.17) is 14.4 Å². The van der Waals surface area contributed by atoms with Crippen molar-refractivity contribution < 1.29 is 32.4 Å². The molecule has 0 saturated carbocycles. The molecular weight excluding hydrogens is 335 g/mol. The summed E-state index contributed by atoms with van der Waals surface area (Å²) in [6, 6.07) is 0. The second kappa shape index (κ2) is 14.2. The Morgan fingerprint density at radius 1 is 1.00 bits per heavy atom. The topological polar surface area (TPSA) is 118 Å². The Balaban J connectivity index is 0. The van der Waals surface area contributed by atoms with Gasteiger partial charge in [0.1, 0.15) is 0 Å². The number of carbonyl (C=O) groups excluding carboxylic acids is 1. The van der Waals surface area contributed by atoms with Crippen LogP contribution in [0.15, 0.2) is 0 Å². The van der Waals surface area contributed by atoms with E-state index >= 15 is 0 Å². The zero-order chi connectivity index (χ0) is 17.0. The number of carboxylic acid groups (broad SMARTS) is 1. The quantitative estimate of drug-likeness (QED) is 0.223. The molecule has 0 aliphatic carbocycles. The van der Waals surface area contributed by atoms with Crippen molar-refractivity contribution in [3.63, 3.8) is 0 Å². The van der Waals surface area contributed by atoms with Crippen LogP contribution in [-0.2, 0) is 24.4 Å². The van der Waals surface area contributed by atoms with Gasteiger partial charge in [-0.15, -0.1) is 0 Å². The first-order valence-electron chi connectivity index (χ1n) is 7.63. The van der Waals surface area contributed by atoms with Gasteiger partial charge in [-0.2, -0.15) is 8.42 Å². The molecule has 23 heavy (non-hydrogen) atoms. The van der Waals surface area contributed by atoms with E-state index < -0.39 is 33.7 Å². The third-order valence-electron chi connectivity index (χ3n) is 3.25. The Kier molecular flexibility index (Phi) is 15.5. The average molecular weight is 361 g/mol. The van der Waals surface area contributed by atoms with Crippen molar-refractivity contribution in [3.05, 3.63) is 0 Å². The van der Waals surface area contributed by atoms with E-state index in [-0.39, 0.29) is 36.2 Å². The van der Waals surface area contributed by atoms with Gasteiger partial charge in [0, 0.05) is 29.6 Å². The molecule has 131 valence electrons. The van der Waals surface area contributed by atoms with Crippen LogP contribution < -0.4 is 0 Å². The summed E-state index contributed by atoms with van der Waals surface area (Å²) in [4.78, 5) is 22.0. The Hall–Kier alpha value is -0.150. The van der Waals surface area contributed by atoms with Gasteiger partial charge in [-0.1, -0.05) is 51.9 Å². The summed E-state index contributed by atoms with van der Waals surface area (Å²) >= 11 is 0. The first-order chi connectivity index (χ1) is 10.3. The Morgan fingerprint density at radius 3 is 1.91 bits per heavy atom. The van der Waals surface area contributed by atoms with E-state index in [1.54, 1.807) is 0 Å². The molecule has 0 aromatic heterocycles. The number of ether oxygens (including phenoxy) is 1. The molecule has 0 fully saturated rings. The monoisotopic (exact) mass is 361 g/mol. The Labute approximate surface area is 160 Å². The van der Waals surface area contributed by atoms with E-state index in [0.29, 0.717) is 6.42 Å². The molecule has 9 heteroatoms. The maximum absolute atomic E-state index is 11.4. The molecule has 0 saturated heterocycles. The minimum absolute atomic E-state index is 0. The van der Waals surface area contributed by atoms with Crippen molar-refractivity contribution in [1.29, 1.82) is 0 Å². The summed E-state index contributed by atoms with van der Waals surface area (Å²) in [5, 5.41) is 6.47. The molecule has 1 atom stereocenters. The minimum atomic E-state index is -4.81. The molecule has 0 aromatic rings. The molecule has 0 spiro atoms. The fourth-order valence-corrected chi connectivity index (χ4v) is 2.55. The van der Waals surface area contributed by atoms with Gasteiger partial charge in [0.05, 0.1) is 13.0 Å².